The summed E-state index contributed by atoms with van der Waals surface area (Å²) in [6, 6.07) is 14.4. The first kappa shape index (κ1) is 14.1. The highest BCUT2D eigenvalue weighted by Gasteiger charge is 2.21. The van der Waals surface area contributed by atoms with Crippen molar-refractivity contribution in [3.8, 4) is 0 Å². The van der Waals surface area contributed by atoms with Gasteiger partial charge >= 0.3 is 0 Å². The van der Waals surface area contributed by atoms with Crippen molar-refractivity contribution < 1.29 is 0 Å². The van der Waals surface area contributed by atoms with E-state index in [9.17, 15) is 4.79 Å². The Balaban J connectivity index is 2.14. The van der Waals surface area contributed by atoms with Gasteiger partial charge in [0.05, 0.1) is 6.04 Å². The quantitative estimate of drug-likeness (QED) is 0.826. The van der Waals surface area contributed by atoms with E-state index in [2.05, 4.69) is 35.8 Å². The fraction of sp³-hybridized carbons (Fsp3) is 0.421. The number of benzene rings is 1. The summed E-state index contributed by atoms with van der Waals surface area (Å²) in [5.41, 5.74) is 4.05. The van der Waals surface area contributed by atoms with Crippen LogP contribution in [0.2, 0.25) is 0 Å². The average Bonchev–Trinajstić information content (AvgIpc) is 2.54. The number of rotatable bonds is 4. The van der Waals surface area contributed by atoms with Crippen molar-refractivity contribution in [3.63, 3.8) is 0 Å². The van der Waals surface area contributed by atoms with Gasteiger partial charge in [-0.3, -0.25) is 4.79 Å². The Morgan fingerprint density at radius 3 is 2.57 bits per heavy atom. The van der Waals surface area contributed by atoms with E-state index in [0.29, 0.717) is 0 Å². The summed E-state index contributed by atoms with van der Waals surface area (Å²) in [7, 11) is 0. The molecule has 0 aliphatic heterocycles. The third-order valence-corrected chi connectivity index (χ3v) is 4.49. The zero-order valence-electron chi connectivity index (χ0n) is 12.7. The van der Waals surface area contributed by atoms with Crippen molar-refractivity contribution in [2.45, 2.75) is 51.5 Å². The highest BCUT2D eigenvalue weighted by Crippen LogP contribution is 2.28. The molecule has 1 aliphatic carbocycles. The lowest BCUT2D eigenvalue weighted by Crippen LogP contribution is -2.30. The molecule has 3 rings (SSSR count). The van der Waals surface area contributed by atoms with E-state index >= 15 is 0 Å². The van der Waals surface area contributed by atoms with Crippen molar-refractivity contribution in [1.82, 2.24) is 4.57 Å². The SMILES string of the molecule is CCCC(c1ccccc1)n1c2c(ccc1=O)CCCC2. The number of pyridine rings is 1. The summed E-state index contributed by atoms with van der Waals surface area (Å²) in [4.78, 5) is 12.5. The van der Waals surface area contributed by atoms with Gasteiger partial charge in [-0.05, 0) is 43.2 Å². The Hall–Kier alpha value is -1.83. The molecular formula is C19H23NO. The standard InChI is InChI=1S/C19H23NO/c1-2-8-17(15-9-4-3-5-10-15)20-18-12-7-6-11-16(18)13-14-19(20)21/h3-5,9-10,13-14,17H,2,6-8,11-12H2,1H3. The first-order valence-corrected chi connectivity index (χ1v) is 8.09. The minimum absolute atomic E-state index is 0.151. The Labute approximate surface area is 126 Å². The third-order valence-electron chi connectivity index (χ3n) is 4.49. The summed E-state index contributed by atoms with van der Waals surface area (Å²) < 4.78 is 2.08. The molecule has 110 valence electrons. The lowest BCUT2D eigenvalue weighted by Gasteiger charge is -2.27. The first-order valence-electron chi connectivity index (χ1n) is 8.09. The number of hydrogen-bond acceptors (Lipinski definition) is 1. The molecule has 0 radical (unpaired) electrons. The Morgan fingerprint density at radius 2 is 1.81 bits per heavy atom. The van der Waals surface area contributed by atoms with E-state index in [-0.39, 0.29) is 11.6 Å². The molecule has 0 saturated heterocycles. The molecule has 1 aromatic carbocycles. The minimum Gasteiger partial charge on any atom is -0.305 e. The molecule has 0 fully saturated rings. The second kappa shape index (κ2) is 6.30. The van der Waals surface area contributed by atoms with E-state index < -0.39 is 0 Å². The summed E-state index contributed by atoms with van der Waals surface area (Å²) in [6.45, 7) is 2.19. The molecule has 21 heavy (non-hydrogen) atoms. The second-order valence-corrected chi connectivity index (χ2v) is 5.94. The number of aryl methyl sites for hydroxylation is 1. The van der Waals surface area contributed by atoms with Crippen LogP contribution in [0.1, 0.15) is 55.5 Å². The highest BCUT2D eigenvalue weighted by atomic mass is 16.1. The lowest BCUT2D eigenvalue weighted by molar-refractivity contribution is 0.481. The number of hydrogen-bond donors (Lipinski definition) is 0. The maximum atomic E-state index is 12.5. The predicted molar refractivity (Wildman–Crippen MR) is 86.8 cm³/mol. The van der Waals surface area contributed by atoms with E-state index in [1.54, 1.807) is 6.07 Å². The topological polar surface area (TPSA) is 22.0 Å². The molecule has 1 atom stereocenters. The van der Waals surface area contributed by atoms with E-state index in [1.165, 1.54) is 29.7 Å². The van der Waals surface area contributed by atoms with Crippen LogP contribution < -0.4 is 5.56 Å². The van der Waals surface area contributed by atoms with Crippen LogP contribution in [0.15, 0.2) is 47.3 Å². The summed E-state index contributed by atoms with van der Waals surface area (Å²) in [5.74, 6) is 0. The molecule has 2 nitrogen and oxygen atoms in total. The maximum Gasteiger partial charge on any atom is 0.251 e. The molecule has 0 spiro atoms. The van der Waals surface area contributed by atoms with E-state index in [4.69, 9.17) is 0 Å². The molecule has 2 aromatic rings. The highest BCUT2D eigenvalue weighted by molar-refractivity contribution is 5.28. The number of nitrogens with zero attached hydrogens (tertiary/aromatic N) is 1. The van der Waals surface area contributed by atoms with Crippen LogP contribution in [0.25, 0.3) is 0 Å². The van der Waals surface area contributed by atoms with Crippen molar-refractivity contribution in [3.05, 3.63) is 69.6 Å². The molecule has 0 bridgehead atoms. The molecule has 1 heterocycles. The average molecular weight is 281 g/mol. The fourth-order valence-electron chi connectivity index (χ4n) is 3.49. The van der Waals surface area contributed by atoms with Gasteiger partial charge in [0.2, 0.25) is 0 Å². The summed E-state index contributed by atoms with van der Waals surface area (Å²) in [5, 5.41) is 0. The van der Waals surface area contributed by atoms with Crippen LogP contribution >= 0.6 is 0 Å². The van der Waals surface area contributed by atoms with Crippen LogP contribution in [-0.2, 0) is 12.8 Å². The van der Waals surface area contributed by atoms with Gasteiger partial charge in [-0.2, -0.15) is 0 Å². The smallest absolute Gasteiger partial charge is 0.251 e. The fourth-order valence-corrected chi connectivity index (χ4v) is 3.49. The van der Waals surface area contributed by atoms with Gasteiger partial charge in [-0.15, -0.1) is 0 Å². The zero-order valence-corrected chi connectivity index (χ0v) is 12.7. The van der Waals surface area contributed by atoms with Crippen molar-refractivity contribution in [2.75, 3.05) is 0 Å². The van der Waals surface area contributed by atoms with Gasteiger partial charge < -0.3 is 4.57 Å². The van der Waals surface area contributed by atoms with Crippen molar-refractivity contribution in [1.29, 1.82) is 0 Å². The Morgan fingerprint density at radius 1 is 1.05 bits per heavy atom. The largest absolute Gasteiger partial charge is 0.305 e. The summed E-state index contributed by atoms with van der Waals surface area (Å²) in [6.07, 6.45) is 6.69. The van der Waals surface area contributed by atoms with Crippen molar-refractivity contribution in [2.24, 2.45) is 0 Å². The Kier molecular flexibility index (Phi) is 4.23. The molecule has 1 aromatic heterocycles. The minimum atomic E-state index is 0.151. The number of aromatic nitrogens is 1. The Bertz CT molecular complexity index is 657. The third kappa shape index (κ3) is 2.80. The number of fused-ring (bicyclic) bond motifs is 1. The molecule has 0 N–H and O–H groups in total. The van der Waals surface area contributed by atoms with Crippen LogP contribution in [0, 0.1) is 0 Å². The predicted octanol–water partition coefficient (Wildman–Crippen LogP) is 4.12. The van der Waals surface area contributed by atoms with E-state index in [0.717, 1.165) is 25.7 Å². The van der Waals surface area contributed by atoms with Gasteiger partial charge in [0.25, 0.3) is 5.56 Å². The molecule has 2 heteroatoms. The van der Waals surface area contributed by atoms with Gasteiger partial charge in [-0.1, -0.05) is 49.7 Å². The van der Waals surface area contributed by atoms with Crippen LogP contribution in [0.5, 0.6) is 0 Å². The van der Waals surface area contributed by atoms with Gasteiger partial charge in [0.1, 0.15) is 0 Å². The maximum absolute atomic E-state index is 12.5. The summed E-state index contributed by atoms with van der Waals surface area (Å²) >= 11 is 0. The molecular weight excluding hydrogens is 258 g/mol. The molecule has 1 unspecified atom stereocenters. The first-order chi connectivity index (χ1) is 10.3. The van der Waals surface area contributed by atoms with Crippen LogP contribution in [0.4, 0.5) is 0 Å². The van der Waals surface area contributed by atoms with Crippen molar-refractivity contribution >= 4 is 0 Å². The van der Waals surface area contributed by atoms with Crippen LogP contribution in [-0.4, -0.2) is 4.57 Å². The molecule has 1 aliphatic rings. The second-order valence-electron chi connectivity index (χ2n) is 5.94. The normalized spacial score (nSPS) is 15.5. The van der Waals surface area contributed by atoms with Gasteiger partial charge in [-0.25, -0.2) is 0 Å². The zero-order chi connectivity index (χ0) is 14.7. The van der Waals surface area contributed by atoms with E-state index in [1.807, 2.05) is 12.1 Å². The van der Waals surface area contributed by atoms with Crippen LogP contribution in [0.3, 0.4) is 0 Å². The molecule has 0 saturated carbocycles. The van der Waals surface area contributed by atoms with Gasteiger partial charge in [0, 0.05) is 11.8 Å². The van der Waals surface area contributed by atoms with Gasteiger partial charge in [0.15, 0.2) is 0 Å². The molecule has 0 amide bonds. The monoisotopic (exact) mass is 281 g/mol. The lowest BCUT2D eigenvalue weighted by atomic mass is 9.93.